The highest BCUT2D eigenvalue weighted by Gasteiger charge is 2.38. The molecule has 1 N–H and O–H groups in total. The monoisotopic (exact) mass is 373 g/mol. The molecule has 0 saturated heterocycles. The second-order valence-electron chi connectivity index (χ2n) is 7.38. The minimum absolute atomic E-state index is 0.00933. The highest BCUT2D eigenvalue weighted by atomic mass is 16.2. The van der Waals surface area contributed by atoms with Gasteiger partial charge in [-0.15, -0.1) is 0 Å². The topological polar surface area (TPSA) is 64.0 Å². The summed E-state index contributed by atoms with van der Waals surface area (Å²) in [5.41, 5.74) is 2.28. The van der Waals surface area contributed by atoms with Crippen molar-refractivity contribution < 1.29 is 4.79 Å². The van der Waals surface area contributed by atoms with Crippen molar-refractivity contribution in [1.29, 1.82) is 0 Å². The van der Waals surface area contributed by atoms with Crippen molar-refractivity contribution in [2.24, 2.45) is 0 Å². The molecule has 0 unspecified atom stereocenters. The predicted octanol–water partition coefficient (Wildman–Crippen LogP) is 3.14. The predicted molar refractivity (Wildman–Crippen MR) is 108 cm³/mol. The van der Waals surface area contributed by atoms with Crippen molar-refractivity contribution in [3.05, 3.63) is 100.0 Å². The van der Waals surface area contributed by atoms with Gasteiger partial charge in [0.2, 0.25) is 0 Å². The Balaban J connectivity index is 1.48. The third kappa shape index (κ3) is 3.74. The number of nitrogens with zero attached hydrogens (tertiary/aromatic N) is 2. The van der Waals surface area contributed by atoms with Crippen LogP contribution in [0.3, 0.4) is 0 Å². The fourth-order valence-electron chi connectivity index (χ4n) is 3.74. The van der Waals surface area contributed by atoms with Crippen LogP contribution in [0.2, 0.25) is 0 Å². The molecule has 0 aliphatic heterocycles. The van der Waals surface area contributed by atoms with E-state index >= 15 is 0 Å². The van der Waals surface area contributed by atoms with Crippen molar-refractivity contribution in [3.8, 4) is 0 Å². The molecule has 1 heterocycles. The first kappa shape index (κ1) is 18.2. The summed E-state index contributed by atoms with van der Waals surface area (Å²) in [7, 11) is 0. The number of aromatic nitrogens is 2. The van der Waals surface area contributed by atoms with Crippen LogP contribution >= 0.6 is 0 Å². The Hall–Kier alpha value is -3.21. The number of hydrogen-bond acceptors (Lipinski definition) is 3. The van der Waals surface area contributed by atoms with E-state index in [-0.39, 0.29) is 22.6 Å². The smallest absolute Gasteiger partial charge is 0.271 e. The third-order valence-electron chi connectivity index (χ3n) is 5.56. The maximum atomic E-state index is 12.7. The third-order valence-corrected chi connectivity index (χ3v) is 5.56. The Labute approximate surface area is 164 Å². The van der Waals surface area contributed by atoms with Crippen molar-refractivity contribution in [3.63, 3.8) is 0 Å². The van der Waals surface area contributed by atoms with Crippen molar-refractivity contribution in [2.75, 3.05) is 6.54 Å². The maximum absolute atomic E-state index is 12.7. The molecule has 28 heavy (non-hydrogen) atoms. The number of nitrogens with one attached hydrogen (secondary N) is 1. The average Bonchev–Trinajstić information content (AvgIpc) is 2.70. The Morgan fingerprint density at radius 3 is 2.29 bits per heavy atom. The summed E-state index contributed by atoms with van der Waals surface area (Å²) in [6.45, 7) is 0.921. The summed E-state index contributed by atoms with van der Waals surface area (Å²) in [5.74, 6) is -0.246. The van der Waals surface area contributed by atoms with Crippen LogP contribution in [0.5, 0.6) is 0 Å². The summed E-state index contributed by atoms with van der Waals surface area (Å²) in [6.07, 6.45) is 3.31. The Kier molecular flexibility index (Phi) is 5.06. The van der Waals surface area contributed by atoms with Gasteiger partial charge in [-0.25, -0.2) is 4.68 Å². The van der Waals surface area contributed by atoms with Gasteiger partial charge in [0, 0.05) is 18.0 Å². The summed E-state index contributed by atoms with van der Waals surface area (Å²) in [5, 5.41) is 7.31. The van der Waals surface area contributed by atoms with Crippen LogP contribution in [0.4, 0.5) is 0 Å². The van der Waals surface area contributed by atoms with Crippen LogP contribution in [-0.2, 0) is 12.0 Å². The van der Waals surface area contributed by atoms with Crippen LogP contribution < -0.4 is 10.9 Å². The largest absolute Gasteiger partial charge is 0.350 e. The quantitative estimate of drug-likeness (QED) is 0.722. The Morgan fingerprint density at radius 2 is 1.64 bits per heavy atom. The summed E-state index contributed by atoms with van der Waals surface area (Å²) < 4.78 is 1.33. The molecule has 1 saturated carbocycles. The molecule has 0 radical (unpaired) electrons. The molecule has 0 bridgehead atoms. The highest BCUT2D eigenvalue weighted by molar-refractivity contribution is 5.92. The van der Waals surface area contributed by atoms with E-state index in [0.717, 1.165) is 18.4 Å². The fraction of sp³-hybridized carbons (Fsp3) is 0.261. The van der Waals surface area contributed by atoms with E-state index in [1.807, 2.05) is 48.5 Å². The van der Waals surface area contributed by atoms with Crippen LogP contribution in [0.25, 0.3) is 0 Å². The Morgan fingerprint density at radius 1 is 0.964 bits per heavy atom. The molecule has 1 fully saturated rings. The minimum Gasteiger partial charge on any atom is -0.350 e. The normalized spacial score (nSPS) is 14.9. The zero-order valence-corrected chi connectivity index (χ0v) is 15.7. The van der Waals surface area contributed by atoms with Gasteiger partial charge in [0.15, 0.2) is 0 Å². The first-order valence-corrected chi connectivity index (χ1v) is 9.62. The van der Waals surface area contributed by atoms with Crippen LogP contribution in [0, 0.1) is 0 Å². The molecule has 142 valence electrons. The van der Waals surface area contributed by atoms with Crippen molar-refractivity contribution in [2.45, 2.75) is 31.2 Å². The SMILES string of the molecule is O=C(NCC1(c2ccccc2)CCC1)c1ccc(=O)n(Cc2ccccc2)n1. The van der Waals surface area contributed by atoms with E-state index < -0.39 is 0 Å². The molecule has 5 heteroatoms. The summed E-state index contributed by atoms with van der Waals surface area (Å²) in [4.78, 5) is 24.8. The lowest BCUT2D eigenvalue weighted by molar-refractivity contribution is 0.0920. The van der Waals surface area contributed by atoms with Gasteiger partial charge in [-0.3, -0.25) is 9.59 Å². The highest BCUT2D eigenvalue weighted by Crippen LogP contribution is 2.43. The fourth-order valence-corrected chi connectivity index (χ4v) is 3.74. The van der Waals surface area contributed by atoms with Gasteiger partial charge in [-0.2, -0.15) is 5.10 Å². The molecular weight excluding hydrogens is 350 g/mol. The van der Waals surface area contributed by atoms with Crippen molar-refractivity contribution in [1.82, 2.24) is 15.1 Å². The zero-order valence-electron chi connectivity index (χ0n) is 15.7. The first-order valence-electron chi connectivity index (χ1n) is 9.62. The van der Waals surface area contributed by atoms with Gasteiger partial charge in [-0.1, -0.05) is 67.1 Å². The molecule has 2 aromatic carbocycles. The number of benzene rings is 2. The minimum atomic E-state index is -0.246. The van der Waals surface area contributed by atoms with E-state index in [9.17, 15) is 9.59 Å². The van der Waals surface area contributed by atoms with E-state index in [2.05, 4.69) is 22.5 Å². The van der Waals surface area contributed by atoms with E-state index in [0.29, 0.717) is 13.1 Å². The van der Waals surface area contributed by atoms with Gasteiger partial charge in [0.1, 0.15) is 5.69 Å². The number of hydrogen-bond donors (Lipinski definition) is 1. The van der Waals surface area contributed by atoms with Gasteiger partial charge in [0.25, 0.3) is 11.5 Å². The van der Waals surface area contributed by atoms with Crippen LogP contribution in [0.1, 0.15) is 40.9 Å². The van der Waals surface area contributed by atoms with Crippen molar-refractivity contribution >= 4 is 5.91 Å². The molecule has 3 aromatic rings. The molecule has 4 rings (SSSR count). The average molecular weight is 373 g/mol. The standard InChI is InChI=1S/C23H23N3O2/c27-21-13-12-20(25-26(21)16-18-8-3-1-4-9-18)22(28)24-17-23(14-7-15-23)19-10-5-2-6-11-19/h1-6,8-13H,7,14-17H2,(H,24,28). The van der Waals surface area contributed by atoms with Gasteiger partial charge in [0.05, 0.1) is 6.54 Å². The van der Waals surface area contributed by atoms with E-state index in [1.165, 1.54) is 28.8 Å². The lowest BCUT2D eigenvalue weighted by atomic mass is 9.64. The second-order valence-corrected chi connectivity index (χ2v) is 7.38. The lowest BCUT2D eigenvalue weighted by Gasteiger charge is -2.42. The van der Waals surface area contributed by atoms with Crippen LogP contribution in [-0.4, -0.2) is 22.2 Å². The van der Waals surface area contributed by atoms with Gasteiger partial charge >= 0.3 is 0 Å². The number of carbonyl (C=O) groups excluding carboxylic acids is 1. The summed E-state index contributed by atoms with van der Waals surface area (Å²) in [6, 6.07) is 22.9. The molecule has 5 nitrogen and oxygen atoms in total. The summed E-state index contributed by atoms with van der Waals surface area (Å²) >= 11 is 0. The molecule has 1 aliphatic carbocycles. The van der Waals surface area contributed by atoms with E-state index in [4.69, 9.17) is 0 Å². The molecule has 0 atom stereocenters. The van der Waals surface area contributed by atoms with Gasteiger partial charge in [-0.05, 0) is 30.0 Å². The lowest BCUT2D eigenvalue weighted by Crippen LogP contribution is -2.46. The Bertz CT molecular complexity index is 1010. The zero-order chi connectivity index (χ0) is 19.4. The van der Waals surface area contributed by atoms with Crippen LogP contribution in [0.15, 0.2) is 77.6 Å². The molecular formula is C23H23N3O2. The second kappa shape index (κ2) is 7.80. The van der Waals surface area contributed by atoms with Gasteiger partial charge < -0.3 is 5.32 Å². The molecule has 1 amide bonds. The molecule has 0 spiro atoms. The molecule has 1 aromatic heterocycles. The molecule has 1 aliphatic rings. The number of carbonyl (C=O) groups is 1. The number of amides is 1. The number of rotatable bonds is 6. The van der Waals surface area contributed by atoms with E-state index in [1.54, 1.807) is 0 Å². The maximum Gasteiger partial charge on any atom is 0.271 e. The first-order chi connectivity index (χ1) is 13.7.